The maximum Gasteiger partial charge on any atom is 0.318 e. The van der Waals surface area contributed by atoms with E-state index in [9.17, 15) is 4.79 Å². The third kappa shape index (κ3) is 3.72. The molecule has 23 heavy (non-hydrogen) atoms. The fourth-order valence-electron chi connectivity index (χ4n) is 2.69. The fourth-order valence-corrected chi connectivity index (χ4v) is 3.72. The molecule has 0 aliphatic heterocycles. The number of carbonyl (C=O) groups is 1. The number of amides is 2. The predicted octanol–water partition coefficient (Wildman–Crippen LogP) is 3.27. The molecule has 126 valence electrons. The molecule has 1 N–H and O–H groups in total. The average molecular weight is 335 g/mol. The van der Waals surface area contributed by atoms with Gasteiger partial charge in [0.1, 0.15) is 0 Å². The van der Waals surface area contributed by atoms with E-state index in [-0.39, 0.29) is 18.1 Å². The molecule has 7 heteroatoms. The van der Waals surface area contributed by atoms with Crippen LogP contribution in [0.5, 0.6) is 0 Å². The van der Waals surface area contributed by atoms with Crippen molar-refractivity contribution in [2.24, 2.45) is 7.05 Å². The first-order chi connectivity index (χ1) is 10.7. The van der Waals surface area contributed by atoms with E-state index in [2.05, 4.69) is 15.4 Å². The Morgan fingerprint density at radius 2 is 1.96 bits per heavy atom. The molecule has 0 saturated heterocycles. The zero-order chi connectivity index (χ0) is 17.3. The number of nitrogens with one attached hydrogen (secondary N) is 1. The van der Waals surface area contributed by atoms with Crippen molar-refractivity contribution in [3.63, 3.8) is 0 Å². The maximum absolute atomic E-state index is 12.5. The monoisotopic (exact) mass is 335 g/mol. The summed E-state index contributed by atoms with van der Waals surface area (Å²) in [7, 11) is 3.70. The van der Waals surface area contributed by atoms with E-state index in [1.54, 1.807) is 20.9 Å². The van der Waals surface area contributed by atoms with Crippen LogP contribution in [-0.4, -0.2) is 32.7 Å². The first-order valence-electron chi connectivity index (χ1n) is 7.68. The summed E-state index contributed by atoms with van der Waals surface area (Å²) in [6.45, 7) is 9.93. The lowest BCUT2D eigenvalue weighted by atomic mass is 10.1. The van der Waals surface area contributed by atoms with E-state index in [4.69, 9.17) is 0 Å². The van der Waals surface area contributed by atoms with Crippen molar-refractivity contribution in [3.05, 3.63) is 33.0 Å². The molecule has 0 bridgehead atoms. The summed E-state index contributed by atoms with van der Waals surface area (Å²) in [6, 6.07) is -0.197. The number of hydrogen-bond donors (Lipinski definition) is 1. The summed E-state index contributed by atoms with van der Waals surface area (Å²) in [5.41, 5.74) is 2.97. The van der Waals surface area contributed by atoms with Gasteiger partial charge in [-0.1, -0.05) is 0 Å². The molecule has 6 nitrogen and oxygen atoms in total. The van der Waals surface area contributed by atoms with Crippen molar-refractivity contribution in [1.82, 2.24) is 25.0 Å². The Balaban J connectivity index is 2.07. The summed E-state index contributed by atoms with van der Waals surface area (Å²) in [4.78, 5) is 19.8. The van der Waals surface area contributed by atoms with Gasteiger partial charge in [-0.15, -0.1) is 11.3 Å². The van der Waals surface area contributed by atoms with Crippen LogP contribution in [0.3, 0.4) is 0 Å². The highest BCUT2D eigenvalue weighted by Gasteiger charge is 2.23. The Labute approximate surface area is 141 Å². The van der Waals surface area contributed by atoms with Crippen LogP contribution in [-0.2, 0) is 7.05 Å². The van der Waals surface area contributed by atoms with Crippen molar-refractivity contribution in [2.75, 3.05) is 7.05 Å². The second kappa shape index (κ2) is 6.70. The van der Waals surface area contributed by atoms with E-state index in [1.165, 1.54) is 0 Å². The molecule has 2 atom stereocenters. The summed E-state index contributed by atoms with van der Waals surface area (Å²) < 4.78 is 1.77. The van der Waals surface area contributed by atoms with Crippen LogP contribution in [0.25, 0.3) is 0 Å². The van der Waals surface area contributed by atoms with E-state index < -0.39 is 0 Å². The molecule has 2 aromatic heterocycles. The zero-order valence-electron chi connectivity index (χ0n) is 14.8. The maximum atomic E-state index is 12.5. The van der Waals surface area contributed by atoms with Gasteiger partial charge in [0.25, 0.3) is 0 Å². The minimum absolute atomic E-state index is 0.0107. The molecule has 0 fully saturated rings. The molecular formula is C16H25N5OS. The normalized spacial score (nSPS) is 13.7. The Morgan fingerprint density at radius 3 is 2.43 bits per heavy atom. The van der Waals surface area contributed by atoms with Gasteiger partial charge in [-0.2, -0.15) is 5.10 Å². The average Bonchev–Trinajstić information content (AvgIpc) is 2.98. The lowest BCUT2D eigenvalue weighted by Crippen LogP contribution is -2.40. The topological polar surface area (TPSA) is 63.1 Å². The Morgan fingerprint density at radius 1 is 1.30 bits per heavy atom. The molecule has 0 spiro atoms. The molecule has 0 radical (unpaired) electrons. The quantitative estimate of drug-likeness (QED) is 0.933. The van der Waals surface area contributed by atoms with Crippen LogP contribution < -0.4 is 5.32 Å². The smallest absolute Gasteiger partial charge is 0.318 e. The van der Waals surface area contributed by atoms with Gasteiger partial charge in [-0.25, -0.2) is 9.78 Å². The fraction of sp³-hybridized carbons (Fsp3) is 0.562. The van der Waals surface area contributed by atoms with Crippen LogP contribution in [0.2, 0.25) is 0 Å². The van der Waals surface area contributed by atoms with Gasteiger partial charge in [-0.3, -0.25) is 4.68 Å². The van der Waals surface area contributed by atoms with Crippen LogP contribution >= 0.6 is 11.3 Å². The minimum atomic E-state index is -0.0984. The largest absolute Gasteiger partial charge is 0.331 e. The Bertz CT molecular complexity index is 705. The van der Waals surface area contributed by atoms with Gasteiger partial charge < -0.3 is 10.2 Å². The zero-order valence-corrected chi connectivity index (χ0v) is 15.7. The molecule has 0 unspecified atom stereocenters. The molecule has 0 saturated carbocycles. The number of rotatable bonds is 4. The number of urea groups is 1. The number of aromatic nitrogens is 3. The highest BCUT2D eigenvalue weighted by Crippen LogP contribution is 2.28. The number of carbonyl (C=O) groups excluding carboxylic acids is 1. The van der Waals surface area contributed by atoms with Gasteiger partial charge in [0.15, 0.2) is 0 Å². The molecule has 2 aromatic rings. The van der Waals surface area contributed by atoms with E-state index in [0.717, 1.165) is 26.8 Å². The van der Waals surface area contributed by atoms with Crippen molar-refractivity contribution >= 4 is 17.4 Å². The van der Waals surface area contributed by atoms with Crippen molar-refractivity contribution in [1.29, 1.82) is 0 Å². The van der Waals surface area contributed by atoms with E-state index >= 15 is 0 Å². The lowest BCUT2D eigenvalue weighted by Gasteiger charge is -2.26. The van der Waals surface area contributed by atoms with Crippen molar-refractivity contribution < 1.29 is 4.79 Å². The number of thiazole rings is 1. The molecule has 2 heterocycles. The number of hydrogen-bond acceptors (Lipinski definition) is 4. The summed E-state index contributed by atoms with van der Waals surface area (Å²) in [5.74, 6) is 0. The predicted molar refractivity (Wildman–Crippen MR) is 92.7 cm³/mol. The molecule has 0 aliphatic rings. The second-order valence-electron chi connectivity index (χ2n) is 5.98. The van der Waals surface area contributed by atoms with Gasteiger partial charge >= 0.3 is 6.03 Å². The number of nitrogens with zero attached hydrogens (tertiary/aromatic N) is 4. The van der Waals surface area contributed by atoms with Crippen LogP contribution in [0.1, 0.15) is 52.8 Å². The van der Waals surface area contributed by atoms with E-state index in [1.807, 2.05) is 54.9 Å². The van der Waals surface area contributed by atoms with Crippen LogP contribution in [0, 0.1) is 20.8 Å². The Hall–Kier alpha value is -1.89. The van der Waals surface area contributed by atoms with Gasteiger partial charge in [0.2, 0.25) is 0 Å². The highest BCUT2D eigenvalue weighted by molar-refractivity contribution is 7.11. The van der Waals surface area contributed by atoms with Gasteiger partial charge in [-0.05, 0) is 34.6 Å². The standard InChI is InChI=1S/C16H25N5OS/c1-9(14-8-20(6)19-10(14)2)18-16(22)21(7)12(4)15-11(3)17-13(5)23-15/h8-9,12H,1-7H3,(H,18,22)/t9-,12-/m1/s1. The van der Waals surface area contributed by atoms with Crippen molar-refractivity contribution in [3.8, 4) is 0 Å². The molecule has 2 rings (SSSR count). The van der Waals surface area contributed by atoms with Crippen molar-refractivity contribution in [2.45, 2.75) is 46.7 Å². The Kier molecular flexibility index (Phi) is 5.09. The lowest BCUT2D eigenvalue weighted by molar-refractivity contribution is 0.191. The van der Waals surface area contributed by atoms with Crippen LogP contribution in [0.15, 0.2) is 6.20 Å². The second-order valence-corrected chi connectivity index (χ2v) is 7.22. The first kappa shape index (κ1) is 17.5. The highest BCUT2D eigenvalue weighted by atomic mass is 32.1. The summed E-state index contributed by atoms with van der Waals surface area (Å²) >= 11 is 1.64. The minimum Gasteiger partial charge on any atom is -0.331 e. The SMILES string of the molecule is Cc1nc(C)c([C@@H](C)N(C)C(=O)N[C@H](C)c2cn(C)nc2C)s1. The number of aryl methyl sites for hydroxylation is 4. The summed E-state index contributed by atoms with van der Waals surface area (Å²) in [5, 5.41) is 8.40. The molecule has 0 aliphatic carbocycles. The third-order valence-corrected chi connectivity index (χ3v) is 5.32. The first-order valence-corrected chi connectivity index (χ1v) is 8.49. The molecular weight excluding hydrogens is 310 g/mol. The summed E-state index contributed by atoms with van der Waals surface area (Å²) in [6.07, 6.45) is 1.94. The molecule has 0 aromatic carbocycles. The van der Waals surface area contributed by atoms with Crippen LogP contribution in [0.4, 0.5) is 4.79 Å². The van der Waals surface area contributed by atoms with E-state index in [0.29, 0.717) is 0 Å². The molecule has 2 amide bonds. The third-order valence-electron chi connectivity index (χ3n) is 4.08. The van der Waals surface area contributed by atoms with Gasteiger partial charge in [0, 0.05) is 30.7 Å². The van der Waals surface area contributed by atoms with Gasteiger partial charge in [0.05, 0.1) is 28.5 Å².